The molecule has 0 N–H and O–H groups in total. The van der Waals surface area contributed by atoms with Crippen LogP contribution in [0.4, 0.5) is 0 Å². The van der Waals surface area contributed by atoms with Crippen LogP contribution in [0.5, 0.6) is 5.75 Å². The van der Waals surface area contributed by atoms with Crippen LogP contribution in [-0.4, -0.2) is 19.8 Å². The molecule has 0 aliphatic rings. The van der Waals surface area contributed by atoms with Crippen molar-refractivity contribution in [3.05, 3.63) is 29.3 Å². The lowest BCUT2D eigenvalue weighted by molar-refractivity contribution is 0.0435. The molecule has 1 aromatic rings. The molecule has 0 aromatic heterocycles. The van der Waals surface area contributed by atoms with Crippen LogP contribution in [0.3, 0.4) is 0 Å². The van der Waals surface area contributed by atoms with E-state index in [1.54, 1.807) is 7.11 Å². The third kappa shape index (κ3) is 4.42. The van der Waals surface area contributed by atoms with Gasteiger partial charge in [-0.15, -0.1) is 0 Å². The lowest BCUT2D eigenvalue weighted by Gasteiger charge is -2.18. The molecule has 0 radical (unpaired) electrons. The summed E-state index contributed by atoms with van der Waals surface area (Å²) in [6.45, 7) is 4.88. The first-order chi connectivity index (χ1) is 7.63. The molecule has 0 spiro atoms. The highest BCUT2D eigenvalue weighted by Gasteiger charge is 2.11. The van der Waals surface area contributed by atoms with Crippen molar-refractivity contribution >= 4 is 11.6 Å². The van der Waals surface area contributed by atoms with Crippen LogP contribution in [0, 0.1) is 5.92 Å². The summed E-state index contributed by atoms with van der Waals surface area (Å²) >= 11 is 5.99. The van der Waals surface area contributed by atoms with E-state index in [-0.39, 0.29) is 6.10 Å². The van der Waals surface area contributed by atoms with Crippen molar-refractivity contribution in [3.8, 4) is 5.75 Å². The second-order valence-electron chi connectivity index (χ2n) is 4.23. The van der Waals surface area contributed by atoms with Gasteiger partial charge in [-0.05, 0) is 24.5 Å². The van der Waals surface area contributed by atoms with Gasteiger partial charge in [-0.3, -0.25) is 0 Å². The van der Waals surface area contributed by atoms with Crippen LogP contribution >= 0.6 is 11.6 Å². The molecule has 1 rings (SSSR count). The number of benzene rings is 1. The summed E-state index contributed by atoms with van der Waals surface area (Å²) in [4.78, 5) is 0. The maximum atomic E-state index is 5.99. The summed E-state index contributed by atoms with van der Waals surface area (Å²) in [5.41, 5.74) is 0. The zero-order valence-corrected chi connectivity index (χ0v) is 10.8. The highest BCUT2D eigenvalue weighted by Crippen LogP contribution is 2.23. The number of hydrogen-bond acceptors (Lipinski definition) is 2. The van der Waals surface area contributed by atoms with E-state index < -0.39 is 0 Å². The van der Waals surface area contributed by atoms with E-state index >= 15 is 0 Å². The van der Waals surface area contributed by atoms with E-state index in [2.05, 4.69) is 13.8 Å². The predicted molar refractivity (Wildman–Crippen MR) is 67.2 cm³/mol. The van der Waals surface area contributed by atoms with Gasteiger partial charge in [0, 0.05) is 7.11 Å². The molecular formula is C13H19ClO2. The Morgan fingerprint density at radius 2 is 1.94 bits per heavy atom. The summed E-state index contributed by atoms with van der Waals surface area (Å²) in [5.74, 6) is 1.31. The molecule has 0 unspecified atom stereocenters. The molecule has 0 saturated heterocycles. The Morgan fingerprint density at radius 3 is 2.50 bits per heavy atom. The number of ether oxygens (including phenoxy) is 2. The molecule has 0 aliphatic carbocycles. The Balaban J connectivity index is 2.46. The summed E-state index contributed by atoms with van der Waals surface area (Å²) in [7, 11) is 1.71. The number of rotatable bonds is 6. The number of halogens is 1. The lowest BCUT2D eigenvalue weighted by atomic mass is 10.1. The standard InChI is InChI=1S/C13H19ClO2/c1-10(2)8-11(15-3)9-16-13-7-5-4-6-12(13)14/h4-7,10-11H,8-9H2,1-3H3/t11-/m1/s1. The second kappa shape index (κ2) is 6.77. The Morgan fingerprint density at radius 1 is 1.25 bits per heavy atom. The van der Waals surface area contributed by atoms with Gasteiger partial charge in [-0.25, -0.2) is 0 Å². The molecule has 0 heterocycles. The van der Waals surface area contributed by atoms with Gasteiger partial charge in [0.1, 0.15) is 12.4 Å². The van der Waals surface area contributed by atoms with Crippen LogP contribution < -0.4 is 4.74 Å². The predicted octanol–water partition coefficient (Wildman–Crippen LogP) is 3.78. The van der Waals surface area contributed by atoms with Gasteiger partial charge in [0.25, 0.3) is 0 Å². The molecule has 1 atom stereocenters. The van der Waals surface area contributed by atoms with Gasteiger partial charge in [0.05, 0.1) is 11.1 Å². The first-order valence-electron chi connectivity index (χ1n) is 5.53. The minimum atomic E-state index is 0.122. The van der Waals surface area contributed by atoms with Crippen molar-refractivity contribution in [2.45, 2.75) is 26.4 Å². The van der Waals surface area contributed by atoms with Gasteiger partial charge in [-0.2, -0.15) is 0 Å². The molecule has 0 fully saturated rings. The topological polar surface area (TPSA) is 18.5 Å². The van der Waals surface area contributed by atoms with Gasteiger partial charge in [0.15, 0.2) is 0 Å². The first-order valence-corrected chi connectivity index (χ1v) is 5.91. The molecule has 0 bridgehead atoms. The average molecular weight is 243 g/mol. The Kier molecular flexibility index (Phi) is 5.64. The number of methoxy groups -OCH3 is 1. The van der Waals surface area contributed by atoms with Crippen molar-refractivity contribution in [1.82, 2.24) is 0 Å². The molecule has 2 nitrogen and oxygen atoms in total. The van der Waals surface area contributed by atoms with Crippen molar-refractivity contribution in [1.29, 1.82) is 0 Å². The fourth-order valence-corrected chi connectivity index (χ4v) is 1.69. The lowest BCUT2D eigenvalue weighted by Crippen LogP contribution is -2.22. The monoisotopic (exact) mass is 242 g/mol. The van der Waals surface area contributed by atoms with Gasteiger partial charge in [-0.1, -0.05) is 37.6 Å². The average Bonchev–Trinajstić information content (AvgIpc) is 2.25. The highest BCUT2D eigenvalue weighted by molar-refractivity contribution is 6.32. The van der Waals surface area contributed by atoms with Crippen LogP contribution in [-0.2, 0) is 4.74 Å². The third-order valence-electron chi connectivity index (χ3n) is 2.33. The number of para-hydroxylation sites is 1. The summed E-state index contributed by atoms with van der Waals surface area (Å²) in [6.07, 6.45) is 1.11. The first kappa shape index (κ1) is 13.3. The smallest absolute Gasteiger partial charge is 0.138 e. The van der Waals surface area contributed by atoms with E-state index in [0.29, 0.717) is 17.5 Å². The zero-order valence-electron chi connectivity index (χ0n) is 10.1. The SMILES string of the molecule is CO[C@@H](COc1ccccc1Cl)CC(C)C. The van der Waals surface area contributed by atoms with Crippen LogP contribution in [0.25, 0.3) is 0 Å². The maximum Gasteiger partial charge on any atom is 0.138 e. The maximum absolute atomic E-state index is 5.99. The minimum Gasteiger partial charge on any atom is -0.489 e. The van der Waals surface area contributed by atoms with Crippen molar-refractivity contribution < 1.29 is 9.47 Å². The van der Waals surface area contributed by atoms with Crippen molar-refractivity contribution in [2.24, 2.45) is 5.92 Å². The third-order valence-corrected chi connectivity index (χ3v) is 2.64. The Hall–Kier alpha value is -0.730. The summed E-state index contributed by atoms with van der Waals surface area (Å²) in [5, 5.41) is 0.641. The van der Waals surface area contributed by atoms with E-state index in [9.17, 15) is 0 Å². The summed E-state index contributed by atoms with van der Waals surface area (Å²) < 4.78 is 11.0. The van der Waals surface area contributed by atoms with Gasteiger partial charge >= 0.3 is 0 Å². The van der Waals surface area contributed by atoms with E-state index in [1.165, 1.54) is 0 Å². The van der Waals surface area contributed by atoms with Crippen molar-refractivity contribution in [3.63, 3.8) is 0 Å². The molecule has 0 saturated carbocycles. The fourth-order valence-electron chi connectivity index (χ4n) is 1.50. The van der Waals surface area contributed by atoms with Crippen LogP contribution in [0.15, 0.2) is 24.3 Å². The van der Waals surface area contributed by atoms with E-state index in [1.807, 2.05) is 24.3 Å². The Labute approximate surface area is 103 Å². The summed E-state index contributed by atoms with van der Waals surface area (Å²) in [6, 6.07) is 7.48. The molecule has 16 heavy (non-hydrogen) atoms. The molecule has 90 valence electrons. The quantitative estimate of drug-likeness (QED) is 0.756. The molecule has 0 aliphatic heterocycles. The fraction of sp³-hybridized carbons (Fsp3) is 0.538. The van der Waals surface area contributed by atoms with Gasteiger partial charge in [0.2, 0.25) is 0 Å². The molecular weight excluding hydrogens is 224 g/mol. The molecule has 1 aromatic carbocycles. The normalized spacial score (nSPS) is 12.8. The van der Waals surface area contributed by atoms with E-state index in [0.717, 1.165) is 12.2 Å². The number of hydrogen-bond donors (Lipinski definition) is 0. The van der Waals surface area contributed by atoms with Gasteiger partial charge < -0.3 is 9.47 Å². The van der Waals surface area contributed by atoms with Crippen LogP contribution in [0.2, 0.25) is 5.02 Å². The molecule has 3 heteroatoms. The van der Waals surface area contributed by atoms with E-state index in [4.69, 9.17) is 21.1 Å². The largest absolute Gasteiger partial charge is 0.489 e. The van der Waals surface area contributed by atoms with Crippen molar-refractivity contribution in [2.75, 3.05) is 13.7 Å². The zero-order chi connectivity index (χ0) is 12.0. The Bertz CT molecular complexity index is 313. The van der Waals surface area contributed by atoms with Crippen LogP contribution in [0.1, 0.15) is 20.3 Å². The second-order valence-corrected chi connectivity index (χ2v) is 4.64. The minimum absolute atomic E-state index is 0.122. The molecule has 0 amide bonds. The highest BCUT2D eigenvalue weighted by atomic mass is 35.5.